The minimum Gasteiger partial charge on any atom is -0.461 e. The van der Waals surface area contributed by atoms with Crippen molar-refractivity contribution in [2.24, 2.45) is 0 Å². The van der Waals surface area contributed by atoms with E-state index in [0.717, 1.165) is 11.1 Å². The van der Waals surface area contributed by atoms with E-state index in [-0.39, 0.29) is 0 Å². The standard InChI is InChI=1S/C27H24O6/c1-18(2)26(28)31-22-11-7-20(8-12-22)6-5-17-30-25-16-15-24(33-25)21-9-13-23(14-10-21)32-27(29)19(3)4/h5-16H,1,3,17H2,2,4H3/b6-5+. The van der Waals surface area contributed by atoms with Crippen molar-refractivity contribution in [2.45, 2.75) is 13.8 Å². The molecular formula is C27H24O6. The van der Waals surface area contributed by atoms with E-state index in [1.165, 1.54) is 0 Å². The number of carbonyl (C=O) groups excluding carboxylic acids is 2. The van der Waals surface area contributed by atoms with Crippen LogP contribution in [0.4, 0.5) is 0 Å². The third kappa shape index (κ3) is 6.83. The molecule has 0 saturated heterocycles. The second-order valence-corrected chi connectivity index (χ2v) is 7.27. The molecule has 3 rings (SSSR count). The summed E-state index contributed by atoms with van der Waals surface area (Å²) in [6.07, 6.45) is 3.74. The Labute approximate surface area is 192 Å². The van der Waals surface area contributed by atoms with E-state index < -0.39 is 11.9 Å². The maximum absolute atomic E-state index is 11.6. The molecule has 0 aliphatic rings. The lowest BCUT2D eigenvalue weighted by molar-refractivity contribution is -0.130. The highest BCUT2D eigenvalue weighted by Crippen LogP contribution is 2.28. The second kappa shape index (κ2) is 10.8. The van der Waals surface area contributed by atoms with E-state index in [1.807, 2.05) is 24.3 Å². The molecule has 6 nitrogen and oxygen atoms in total. The Bertz CT molecular complexity index is 1180. The van der Waals surface area contributed by atoms with Gasteiger partial charge in [-0.05, 0) is 68.0 Å². The molecule has 3 aromatic rings. The van der Waals surface area contributed by atoms with Gasteiger partial charge in [0.05, 0.1) is 0 Å². The van der Waals surface area contributed by atoms with Crippen LogP contribution in [0.15, 0.2) is 95.5 Å². The Balaban J connectivity index is 1.50. The highest BCUT2D eigenvalue weighted by Gasteiger charge is 2.08. The summed E-state index contributed by atoms with van der Waals surface area (Å²) >= 11 is 0. The summed E-state index contributed by atoms with van der Waals surface area (Å²) in [6.45, 7) is 10.6. The fraction of sp³-hybridized carbons (Fsp3) is 0.111. The number of hydrogen-bond acceptors (Lipinski definition) is 6. The van der Waals surface area contributed by atoms with Gasteiger partial charge in [0.15, 0.2) is 0 Å². The smallest absolute Gasteiger partial charge is 0.338 e. The SMILES string of the molecule is C=C(C)C(=O)Oc1ccc(/C=C/COc2ccc(-c3ccc(OC(=O)C(=C)C)cc3)o2)cc1. The largest absolute Gasteiger partial charge is 0.461 e. The van der Waals surface area contributed by atoms with Gasteiger partial charge in [-0.2, -0.15) is 0 Å². The number of carbonyl (C=O) groups is 2. The van der Waals surface area contributed by atoms with Crippen LogP contribution >= 0.6 is 0 Å². The first-order valence-electron chi connectivity index (χ1n) is 10.2. The molecule has 0 bridgehead atoms. The predicted octanol–water partition coefficient (Wildman–Crippen LogP) is 6.00. The van der Waals surface area contributed by atoms with E-state index in [4.69, 9.17) is 18.6 Å². The molecule has 0 fully saturated rings. The molecule has 2 aromatic carbocycles. The molecule has 0 radical (unpaired) electrons. The van der Waals surface area contributed by atoms with Crippen LogP contribution in [-0.4, -0.2) is 18.5 Å². The van der Waals surface area contributed by atoms with Crippen LogP contribution in [-0.2, 0) is 9.59 Å². The van der Waals surface area contributed by atoms with Gasteiger partial charge in [0, 0.05) is 22.8 Å². The van der Waals surface area contributed by atoms with Crippen molar-refractivity contribution >= 4 is 18.0 Å². The van der Waals surface area contributed by atoms with Crippen LogP contribution in [0.3, 0.4) is 0 Å². The Kier molecular flexibility index (Phi) is 7.65. The van der Waals surface area contributed by atoms with Crippen molar-refractivity contribution in [2.75, 3.05) is 6.61 Å². The first kappa shape index (κ1) is 23.3. The van der Waals surface area contributed by atoms with Gasteiger partial charge >= 0.3 is 11.9 Å². The van der Waals surface area contributed by atoms with Gasteiger partial charge in [0.2, 0.25) is 0 Å². The Morgan fingerprint density at radius 1 is 0.818 bits per heavy atom. The lowest BCUT2D eigenvalue weighted by Crippen LogP contribution is -2.07. The molecule has 0 unspecified atom stereocenters. The van der Waals surface area contributed by atoms with E-state index in [0.29, 0.717) is 41.0 Å². The highest BCUT2D eigenvalue weighted by atomic mass is 16.6. The molecule has 0 amide bonds. The summed E-state index contributed by atoms with van der Waals surface area (Å²) in [6, 6.07) is 17.6. The Hall–Kier alpha value is -4.32. The van der Waals surface area contributed by atoms with Crippen LogP contribution in [0.25, 0.3) is 17.4 Å². The van der Waals surface area contributed by atoms with Crippen molar-refractivity contribution < 1.29 is 28.2 Å². The third-order valence-electron chi connectivity index (χ3n) is 4.35. The molecule has 33 heavy (non-hydrogen) atoms. The first-order valence-corrected chi connectivity index (χ1v) is 10.2. The van der Waals surface area contributed by atoms with Crippen molar-refractivity contribution in [1.82, 2.24) is 0 Å². The third-order valence-corrected chi connectivity index (χ3v) is 4.35. The van der Waals surface area contributed by atoms with E-state index in [9.17, 15) is 9.59 Å². The molecule has 1 aromatic heterocycles. The van der Waals surface area contributed by atoms with Crippen LogP contribution in [0.2, 0.25) is 0 Å². The molecule has 0 N–H and O–H groups in total. The highest BCUT2D eigenvalue weighted by molar-refractivity contribution is 5.89. The number of hydrogen-bond donors (Lipinski definition) is 0. The van der Waals surface area contributed by atoms with Crippen LogP contribution in [0.5, 0.6) is 17.4 Å². The zero-order valence-corrected chi connectivity index (χ0v) is 18.5. The topological polar surface area (TPSA) is 75.0 Å². The number of benzene rings is 2. The predicted molar refractivity (Wildman–Crippen MR) is 126 cm³/mol. The van der Waals surface area contributed by atoms with Gasteiger partial charge in [-0.3, -0.25) is 0 Å². The number of esters is 2. The zero-order valence-electron chi connectivity index (χ0n) is 18.5. The summed E-state index contributed by atoms with van der Waals surface area (Å²) in [5, 5.41) is 0. The molecule has 0 saturated carbocycles. The van der Waals surface area contributed by atoms with Crippen molar-refractivity contribution in [3.8, 4) is 28.8 Å². The fourth-order valence-corrected chi connectivity index (χ4v) is 2.59. The summed E-state index contributed by atoms with van der Waals surface area (Å²) in [4.78, 5) is 23.1. The molecule has 0 spiro atoms. The second-order valence-electron chi connectivity index (χ2n) is 7.27. The molecular weight excluding hydrogens is 420 g/mol. The van der Waals surface area contributed by atoms with Crippen molar-refractivity contribution in [3.63, 3.8) is 0 Å². The van der Waals surface area contributed by atoms with E-state index >= 15 is 0 Å². The van der Waals surface area contributed by atoms with Crippen molar-refractivity contribution in [1.29, 1.82) is 0 Å². The number of ether oxygens (including phenoxy) is 3. The minimum atomic E-state index is -0.466. The number of furan rings is 1. The van der Waals surface area contributed by atoms with Gasteiger partial charge < -0.3 is 18.6 Å². The Morgan fingerprint density at radius 3 is 1.91 bits per heavy atom. The summed E-state index contributed by atoms with van der Waals surface area (Å²) < 4.78 is 21.7. The summed E-state index contributed by atoms with van der Waals surface area (Å²) in [5.41, 5.74) is 2.43. The lowest BCUT2D eigenvalue weighted by Gasteiger charge is -2.04. The molecule has 168 valence electrons. The van der Waals surface area contributed by atoms with Gasteiger partial charge in [-0.1, -0.05) is 31.4 Å². The molecule has 0 aliphatic heterocycles. The fourth-order valence-electron chi connectivity index (χ4n) is 2.59. The average Bonchev–Trinajstić information content (AvgIpc) is 3.27. The van der Waals surface area contributed by atoms with Gasteiger partial charge in [-0.25, -0.2) is 9.59 Å². The van der Waals surface area contributed by atoms with Gasteiger partial charge in [0.25, 0.3) is 5.95 Å². The maximum Gasteiger partial charge on any atom is 0.338 e. The van der Waals surface area contributed by atoms with Gasteiger partial charge in [-0.15, -0.1) is 0 Å². The van der Waals surface area contributed by atoms with E-state index in [1.54, 1.807) is 62.4 Å². The minimum absolute atomic E-state index is 0.315. The summed E-state index contributed by atoms with van der Waals surface area (Å²) in [7, 11) is 0. The summed E-state index contributed by atoms with van der Waals surface area (Å²) in [5.74, 6) is 0.989. The molecule has 0 aliphatic carbocycles. The Morgan fingerprint density at radius 2 is 1.36 bits per heavy atom. The van der Waals surface area contributed by atoms with Crippen molar-refractivity contribution in [3.05, 3.63) is 96.6 Å². The van der Waals surface area contributed by atoms with Gasteiger partial charge in [0.1, 0.15) is 23.9 Å². The lowest BCUT2D eigenvalue weighted by atomic mass is 10.2. The monoisotopic (exact) mass is 444 g/mol. The zero-order chi connectivity index (χ0) is 23.8. The normalized spacial score (nSPS) is 10.6. The van der Waals surface area contributed by atoms with E-state index in [2.05, 4.69) is 13.2 Å². The van der Waals surface area contributed by atoms with Crippen LogP contribution < -0.4 is 14.2 Å². The molecule has 6 heteroatoms. The maximum atomic E-state index is 11.6. The first-order chi connectivity index (χ1) is 15.8. The van der Waals surface area contributed by atoms with Crippen LogP contribution in [0.1, 0.15) is 19.4 Å². The molecule has 1 heterocycles. The average molecular weight is 444 g/mol. The molecule has 0 atom stereocenters. The number of rotatable bonds is 9. The quantitative estimate of drug-likeness (QED) is 0.229. The van der Waals surface area contributed by atoms with Crippen LogP contribution in [0, 0.1) is 0 Å².